The molecule has 0 aliphatic carbocycles. The predicted molar refractivity (Wildman–Crippen MR) is 77.1 cm³/mol. The normalized spacial score (nSPS) is 16.4. The fraction of sp³-hybridized carbons (Fsp3) is 1.00. The van der Waals surface area contributed by atoms with Crippen molar-refractivity contribution < 1.29 is 18.3 Å². The topological polar surface area (TPSA) is 20.2 Å². The molecule has 0 radical (unpaired) electrons. The molecule has 116 valence electrons. The van der Waals surface area contributed by atoms with Crippen molar-refractivity contribution in [3.05, 3.63) is 0 Å². The van der Waals surface area contributed by atoms with Gasteiger partial charge in [-0.25, -0.2) is 0 Å². The van der Waals surface area contributed by atoms with E-state index in [0.717, 1.165) is 25.7 Å². The fourth-order valence-electron chi connectivity index (χ4n) is 2.31. The van der Waals surface area contributed by atoms with E-state index in [-0.39, 0.29) is 6.42 Å². The van der Waals surface area contributed by atoms with Crippen molar-refractivity contribution >= 4 is 8.07 Å². The van der Waals surface area contributed by atoms with Crippen molar-refractivity contribution in [3.63, 3.8) is 0 Å². The Labute approximate surface area is 116 Å². The van der Waals surface area contributed by atoms with Crippen molar-refractivity contribution in [3.8, 4) is 0 Å². The number of halogens is 3. The van der Waals surface area contributed by atoms with E-state index >= 15 is 0 Å². The highest BCUT2D eigenvalue weighted by Crippen LogP contribution is 2.35. The molecule has 1 nitrogen and oxygen atoms in total. The second-order valence-electron chi connectivity index (χ2n) is 6.68. The van der Waals surface area contributed by atoms with E-state index in [0.29, 0.717) is 12.5 Å². The summed E-state index contributed by atoms with van der Waals surface area (Å²) >= 11 is 0. The molecular formula is C14H29F3OSi. The van der Waals surface area contributed by atoms with E-state index in [2.05, 4.69) is 6.92 Å². The van der Waals surface area contributed by atoms with Gasteiger partial charge in [-0.2, -0.15) is 13.2 Å². The SMILES string of the molecule is CCCCCCCC(C(O)C[Si](C)(C)C)C(F)(F)F. The number of hydrogen-bond donors (Lipinski definition) is 1. The highest BCUT2D eigenvalue weighted by Gasteiger charge is 2.44. The molecule has 1 N–H and O–H groups in total. The molecule has 19 heavy (non-hydrogen) atoms. The molecule has 0 aromatic rings. The van der Waals surface area contributed by atoms with Crippen LogP contribution in [-0.4, -0.2) is 25.5 Å². The molecule has 0 aromatic carbocycles. The third-order valence-electron chi connectivity index (χ3n) is 3.33. The summed E-state index contributed by atoms with van der Waals surface area (Å²) in [7, 11) is -1.67. The molecule has 2 unspecified atom stereocenters. The van der Waals surface area contributed by atoms with E-state index in [1.165, 1.54) is 0 Å². The van der Waals surface area contributed by atoms with Crippen LogP contribution in [0.4, 0.5) is 13.2 Å². The van der Waals surface area contributed by atoms with Crippen LogP contribution in [0.2, 0.25) is 25.7 Å². The van der Waals surface area contributed by atoms with E-state index in [4.69, 9.17) is 0 Å². The van der Waals surface area contributed by atoms with Crippen LogP contribution in [0.25, 0.3) is 0 Å². The van der Waals surface area contributed by atoms with Crippen molar-refractivity contribution in [1.29, 1.82) is 0 Å². The van der Waals surface area contributed by atoms with Gasteiger partial charge in [0, 0.05) is 8.07 Å². The van der Waals surface area contributed by atoms with Gasteiger partial charge >= 0.3 is 6.18 Å². The molecule has 0 heterocycles. The van der Waals surface area contributed by atoms with Gasteiger partial charge in [-0.1, -0.05) is 58.7 Å². The van der Waals surface area contributed by atoms with E-state index in [1.807, 2.05) is 19.6 Å². The lowest BCUT2D eigenvalue weighted by atomic mass is 9.95. The molecule has 0 rings (SSSR count). The van der Waals surface area contributed by atoms with Gasteiger partial charge in [0.15, 0.2) is 0 Å². The van der Waals surface area contributed by atoms with Gasteiger partial charge in [0.05, 0.1) is 12.0 Å². The maximum Gasteiger partial charge on any atom is 0.394 e. The number of unbranched alkanes of at least 4 members (excludes halogenated alkanes) is 4. The first kappa shape index (κ1) is 19.0. The molecular weight excluding hydrogens is 269 g/mol. The van der Waals surface area contributed by atoms with Crippen molar-refractivity contribution in [1.82, 2.24) is 0 Å². The smallest absolute Gasteiger partial charge is 0.393 e. The molecule has 5 heteroatoms. The lowest BCUT2D eigenvalue weighted by Gasteiger charge is -2.29. The molecule has 0 saturated heterocycles. The second kappa shape index (κ2) is 8.30. The Morgan fingerprint density at radius 3 is 1.95 bits per heavy atom. The van der Waals surface area contributed by atoms with Crippen LogP contribution in [0, 0.1) is 5.92 Å². The number of aliphatic hydroxyl groups excluding tert-OH is 1. The van der Waals surface area contributed by atoms with E-state index in [9.17, 15) is 18.3 Å². The van der Waals surface area contributed by atoms with Crippen molar-refractivity contribution in [2.75, 3.05) is 0 Å². The molecule has 2 atom stereocenters. The summed E-state index contributed by atoms with van der Waals surface area (Å²) in [5.41, 5.74) is 0. The number of alkyl halides is 3. The highest BCUT2D eigenvalue weighted by atomic mass is 28.3. The first-order chi connectivity index (χ1) is 8.58. The van der Waals surface area contributed by atoms with Gasteiger partial charge in [-0.3, -0.25) is 0 Å². The third kappa shape index (κ3) is 9.49. The average molecular weight is 298 g/mol. The number of aliphatic hydroxyl groups is 1. The van der Waals surface area contributed by atoms with Gasteiger partial charge in [0.2, 0.25) is 0 Å². The Bertz CT molecular complexity index is 236. The Balaban J connectivity index is 4.32. The first-order valence-electron chi connectivity index (χ1n) is 7.32. The summed E-state index contributed by atoms with van der Waals surface area (Å²) in [5, 5.41) is 9.90. The molecule has 0 fully saturated rings. The second-order valence-corrected chi connectivity index (χ2v) is 12.2. The summed E-state index contributed by atoms with van der Waals surface area (Å²) < 4.78 is 38.9. The summed E-state index contributed by atoms with van der Waals surface area (Å²) in [5.74, 6) is -1.54. The van der Waals surface area contributed by atoms with Gasteiger partial charge in [0.25, 0.3) is 0 Å². The van der Waals surface area contributed by atoms with Crippen LogP contribution in [0.15, 0.2) is 0 Å². The molecule has 0 aromatic heterocycles. The summed E-state index contributed by atoms with van der Waals surface area (Å²) in [6.07, 6.45) is -0.881. The molecule has 0 spiro atoms. The van der Waals surface area contributed by atoms with Crippen LogP contribution >= 0.6 is 0 Å². The zero-order valence-corrected chi connectivity index (χ0v) is 13.7. The van der Waals surface area contributed by atoms with Gasteiger partial charge in [0.1, 0.15) is 0 Å². The van der Waals surface area contributed by atoms with Crippen LogP contribution in [0.5, 0.6) is 0 Å². The van der Waals surface area contributed by atoms with Crippen LogP contribution in [-0.2, 0) is 0 Å². The Hall–Kier alpha value is -0.0331. The summed E-state index contributed by atoms with van der Waals surface area (Å²) in [6.45, 7) is 8.05. The molecule has 0 bridgehead atoms. The van der Waals surface area contributed by atoms with E-state index < -0.39 is 26.3 Å². The minimum absolute atomic E-state index is 0.0683. The summed E-state index contributed by atoms with van der Waals surface area (Å²) in [6, 6.07) is 0.326. The molecule has 0 aliphatic rings. The van der Waals surface area contributed by atoms with Gasteiger partial charge in [-0.05, 0) is 12.5 Å². The zero-order chi connectivity index (χ0) is 15.1. The van der Waals surface area contributed by atoms with Crippen LogP contribution < -0.4 is 0 Å². The predicted octanol–water partition coefficient (Wildman–Crippen LogP) is 5.22. The summed E-state index contributed by atoms with van der Waals surface area (Å²) in [4.78, 5) is 0. The van der Waals surface area contributed by atoms with Crippen LogP contribution in [0.3, 0.4) is 0 Å². The largest absolute Gasteiger partial charge is 0.394 e. The minimum atomic E-state index is -4.27. The minimum Gasteiger partial charge on any atom is -0.393 e. The Kier molecular flexibility index (Phi) is 8.28. The third-order valence-corrected chi connectivity index (χ3v) is 4.97. The highest BCUT2D eigenvalue weighted by molar-refractivity contribution is 6.76. The quantitative estimate of drug-likeness (QED) is 0.457. The maximum atomic E-state index is 13.0. The lowest BCUT2D eigenvalue weighted by molar-refractivity contribution is -0.199. The van der Waals surface area contributed by atoms with Gasteiger partial charge < -0.3 is 5.11 Å². The first-order valence-corrected chi connectivity index (χ1v) is 11.0. The van der Waals surface area contributed by atoms with Gasteiger partial charge in [-0.15, -0.1) is 0 Å². The van der Waals surface area contributed by atoms with Crippen molar-refractivity contribution in [2.24, 2.45) is 5.92 Å². The molecule has 0 aliphatic heterocycles. The maximum absolute atomic E-state index is 13.0. The number of hydrogen-bond acceptors (Lipinski definition) is 1. The van der Waals surface area contributed by atoms with Crippen LogP contribution in [0.1, 0.15) is 45.4 Å². The molecule has 0 amide bonds. The zero-order valence-electron chi connectivity index (χ0n) is 12.7. The Morgan fingerprint density at radius 1 is 1.00 bits per heavy atom. The van der Waals surface area contributed by atoms with E-state index in [1.54, 1.807) is 0 Å². The monoisotopic (exact) mass is 298 g/mol. The lowest BCUT2D eigenvalue weighted by Crippen LogP contribution is -2.38. The standard InChI is InChI=1S/C14H29F3OSi/c1-5-6-7-8-9-10-12(14(15,16)17)13(18)11-19(2,3)4/h12-13,18H,5-11H2,1-4H3. The number of rotatable bonds is 9. The Morgan fingerprint density at radius 2 is 1.53 bits per heavy atom. The van der Waals surface area contributed by atoms with Crippen molar-refractivity contribution in [2.45, 2.75) is 83.4 Å². The average Bonchev–Trinajstić information content (AvgIpc) is 2.18. The fourth-order valence-corrected chi connectivity index (χ4v) is 3.85. The molecule has 0 saturated carbocycles.